The zero-order chi connectivity index (χ0) is 41.6. The van der Waals surface area contributed by atoms with Gasteiger partial charge in [-0.1, -0.05) is 45.1 Å². The van der Waals surface area contributed by atoms with Crippen molar-refractivity contribution in [2.45, 2.75) is 90.0 Å². The maximum Gasteiger partial charge on any atom is 0.305 e. The summed E-state index contributed by atoms with van der Waals surface area (Å²) >= 11 is 0. The molecule has 17 nitrogen and oxygen atoms in total. The average Bonchev–Trinajstić information content (AvgIpc) is 3.46. The van der Waals surface area contributed by atoms with Crippen LogP contribution in [0.4, 0.5) is 5.69 Å². The first kappa shape index (κ1) is 48.5. The van der Waals surface area contributed by atoms with Crippen LogP contribution in [0.5, 0.6) is 0 Å². The molecule has 3 rings (SSSR count). The van der Waals surface area contributed by atoms with Gasteiger partial charge in [0.25, 0.3) is 11.8 Å². The van der Waals surface area contributed by atoms with Crippen molar-refractivity contribution >= 4 is 41.2 Å². The number of carbonyl (C=O) groups excluding carboxylic acids is 6. The van der Waals surface area contributed by atoms with E-state index in [9.17, 15) is 28.8 Å². The summed E-state index contributed by atoms with van der Waals surface area (Å²) in [6.07, 6.45) is 8.43. The van der Waals surface area contributed by atoms with Crippen molar-refractivity contribution in [3.8, 4) is 0 Å². The Hall–Kier alpha value is -3.84. The van der Waals surface area contributed by atoms with Crippen molar-refractivity contribution in [2.24, 2.45) is 0 Å². The Bertz CT molecular complexity index is 1410. The third kappa shape index (κ3) is 19.3. The fourth-order valence-corrected chi connectivity index (χ4v) is 6.08. The minimum absolute atomic E-state index is 0.0273. The number of nitrogens with zero attached hydrogens (tertiary/aromatic N) is 1. The number of imide groups is 2. The first-order valence-corrected chi connectivity index (χ1v) is 20.7. The Morgan fingerprint density at radius 3 is 1.72 bits per heavy atom. The first-order chi connectivity index (χ1) is 28.3. The molecule has 2 N–H and O–H groups in total. The number of unbranched alkanes of at least 4 members (excludes halogenated alkanes) is 6. The Kier molecular flexibility index (Phi) is 25.3. The largest absolute Gasteiger partial charge is 0.463 e. The fraction of sp³-hybridized carbons (Fsp3) is 0.707. The van der Waals surface area contributed by atoms with E-state index in [1.807, 2.05) is 0 Å². The Labute approximate surface area is 341 Å². The molecule has 326 valence electrons. The van der Waals surface area contributed by atoms with Crippen LogP contribution in [0.1, 0.15) is 105 Å². The number of nitrogens with one attached hydrogen (secondary N) is 2. The van der Waals surface area contributed by atoms with Crippen LogP contribution in [0.15, 0.2) is 18.2 Å². The second kappa shape index (κ2) is 30.2. The lowest BCUT2D eigenvalue weighted by Crippen LogP contribution is -2.54. The molecule has 1 saturated heterocycles. The van der Waals surface area contributed by atoms with Gasteiger partial charge in [0.1, 0.15) is 12.6 Å². The summed E-state index contributed by atoms with van der Waals surface area (Å²) in [7, 11) is 0. The highest BCUT2D eigenvalue weighted by Crippen LogP contribution is 2.32. The molecule has 1 fully saturated rings. The van der Waals surface area contributed by atoms with Gasteiger partial charge >= 0.3 is 5.97 Å². The van der Waals surface area contributed by atoms with E-state index in [1.165, 1.54) is 25.3 Å². The summed E-state index contributed by atoms with van der Waals surface area (Å²) in [4.78, 5) is 75.2. The molecule has 5 amide bonds. The molecule has 1 aromatic rings. The van der Waals surface area contributed by atoms with Crippen LogP contribution >= 0.6 is 0 Å². The number of benzene rings is 1. The summed E-state index contributed by atoms with van der Waals surface area (Å²) in [6.45, 7) is 8.71. The lowest BCUT2D eigenvalue weighted by molar-refractivity contribution is -0.145. The molecule has 0 aliphatic carbocycles. The van der Waals surface area contributed by atoms with E-state index >= 15 is 0 Å². The molecule has 0 spiro atoms. The number of anilines is 1. The molecular formula is C41H63N3O14. The zero-order valence-electron chi connectivity index (χ0n) is 34.1. The number of hydrogen-bond acceptors (Lipinski definition) is 14. The predicted octanol–water partition coefficient (Wildman–Crippen LogP) is 3.61. The van der Waals surface area contributed by atoms with Crippen LogP contribution < -0.4 is 10.6 Å². The Balaban J connectivity index is 1.03. The van der Waals surface area contributed by atoms with Crippen molar-refractivity contribution in [2.75, 3.05) is 104 Å². The van der Waals surface area contributed by atoms with Crippen LogP contribution in [0.2, 0.25) is 0 Å². The van der Waals surface area contributed by atoms with Crippen molar-refractivity contribution in [3.05, 3.63) is 29.3 Å². The topological polar surface area (TPSA) is 204 Å². The molecule has 2 aliphatic rings. The summed E-state index contributed by atoms with van der Waals surface area (Å²) in [6, 6.07) is 3.52. The van der Waals surface area contributed by atoms with Crippen LogP contribution in [-0.4, -0.2) is 146 Å². The van der Waals surface area contributed by atoms with E-state index in [0.717, 1.165) is 30.6 Å². The number of amides is 5. The van der Waals surface area contributed by atoms with E-state index in [4.69, 9.17) is 37.9 Å². The normalized spacial score (nSPS) is 15.2. The van der Waals surface area contributed by atoms with Gasteiger partial charge in [-0.3, -0.25) is 39.0 Å². The van der Waals surface area contributed by atoms with Gasteiger partial charge in [0.05, 0.1) is 103 Å². The fourth-order valence-electron chi connectivity index (χ4n) is 6.08. The van der Waals surface area contributed by atoms with Gasteiger partial charge in [0.15, 0.2) is 0 Å². The summed E-state index contributed by atoms with van der Waals surface area (Å²) < 4.78 is 43.6. The smallest absolute Gasteiger partial charge is 0.305 e. The molecule has 1 aromatic carbocycles. The quantitative estimate of drug-likeness (QED) is 0.0571. The van der Waals surface area contributed by atoms with Crippen molar-refractivity contribution in [3.63, 3.8) is 0 Å². The molecular weight excluding hydrogens is 758 g/mol. The van der Waals surface area contributed by atoms with Gasteiger partial charge in [-0.15, -0.1) is 0 Å². The molecule has 0 radical (unpaired) electrons. The summed E-state index contributed by atoms with van der Waals surface area (Å²) in [5.41, 5.74) is 0.378. The van der Waals surface area contributed by atoms with E-state index in [0.29, 0.717) is 105 Å². The van der Waals surface area contributed by atoms with Crippen molar-refractivity contribution in [1.29, 1.82) is 0 Å². The molecule has 58 heavy (non-hydrogen) atoms. The highest BCUT2D eigenvalue weighted by molar-refractivity contribution is 6.26. The number of carbonyl (C=O) groups is 6. The average molecular weight is 822 g/mol. The Morgan fingerprint density at radius 1 is 0.638 bits per heavy atom. The van der Waals surface area contributed by atoms with Gasteiger partial charge in [-0.25, -0.2) is 0 Å². The zero-order valence-corrected chi connectivity index (χ0v) is 34.1. The molecule has 2 aliphatic heterocycles. The maximum atomic E-state index is 13.2. The minimum atomic E-state index is -1.07. The second-order valence-electron chi connectivity index (χ2n) is 13.7. The highest BCUT2D eigenvalue weighted by Gasteiger charge is 2.45. The molecule has 1 unspecified atom stereocenters. The molecule has 0 aromatic heterocycles. The van der Waals surface area contributed by atoms with Gasteiger partial charge < -0.3 is 43.2 Å². The molecule has 0 saturated carbocycles. The lowest BCUT2D eigenvalue weighted by Gasteiger charge is -2.27. The van der Waals surface area contributed by atoms with E-state index in [1.54, 1.807) is 12.1 Å². The number of ether oxygens (including phenoxy) is 8. The van der Waals surface area contributed by atoms with Gasteiger partial charge in [0, 0.05) is 25.9 Å². The van der Waals surface area contributed by atoms with Crippen molar-refractivity contribution in [1.82, 2.24) is 10.2 Å². The first-order valence-electron chi connectivity index (χ1n) is 20.7. The molecule has 1 atom stereocenters. The van der Waals surface area contributed by atoms with E-state index in [2.05, 4.69) is 17.6 Å². The third-order valence-electron chi connectivity index (χ3n) is 9.14. The lowest BCUT2D eigenvalue weighted by atomic mass is 10.0. The number of fused-ring (bicyclic) bond motifs is 1. The second-order valence-corrected chi connectivity index (χ2v) is 13.7. The number of esters is 1. The maximum absolute atomic E-state index is 13.2. The highest BCUT2D eigenvalue weighted by atomic mass is 16.6. The number of rotatable bonds is 35. The van der Waals surface area contributed by atoms with Crippen LogP contribution in [-0.2, 0) is 57.1 Å². The Morgan fingerprint density at radius 2 is 1.16 bits per heavy atom. The summed E-state index contributed by atoms with van der Waals surface area (Å²) in [5.74, 6) is -2.88. The van der Waals surface area contributed by atoms with E-state index in [-0.39, 0.29) is 54.6 Å². The van der Waals surface area contributed by atoms with Gasteiger partial charge in [-0.2, -0.15) is 0 Å². The standard InChI is InChI=1S/C41H63N3O14/c1-2-3-4-5-8-14-37(47)58-31-30-57-29-28-56-27-26-55-25-24-54-23-22-53-21-20-52-19-18-51-17-9-6-7-13-35(45)42-33-12-10-11-32-38(33)41(50)44(40(32)49)34-15-16-36(46)43-39(34)48/h10-12,34H,2-9,13-31H2,1H3,(H,42,45)(H,43,46,48). The molecule has 17 heteroatoms. The summed E-state index contributed by atoms with van der Waals surface area (Å²) in [5, 5.41) is 4.90. The van der Waals surface area contributed by atoms with Crippen molar-refractivity contribution < 1.29 is 66.7 Å². The SMILES string of the molecule is CCCCCCCC(=O)OCCOCCOCCOCCOCCOCCOCCOCCCCCC(=O)Nc1cccc2c1C(=O)N(C1CCC(=O)NC1=O)C2=O. The van der Waals surface area contributed by atoms with Gasteiger partial charge in [-0.05, 0) is 37.8 Å². The number of piperidine rings is 1. The van der Waals surface area contributed by atoms with Crippen LogP contribution in [0.25, 0.3) is 0 Å². The minimum Gasteiger partial charge on any atom is -0.463 e. The van der Waals surface area contributed by atoms with Crippen LogP contribution in [0, 0.1) is 0 Å². The monoisotopic (exact) mass is 821 g/mol. The van der Waals surface area contributed by atoms with Crippen LogP contribution in [0.3, 0.4) is 0 Å². The third-order valence-corrected chi connectivity index (χ3v) is 9.14. The molecule has 2 heterocycles. The molecule has 0 bridgehead atoms. The van der Waals surface area contributed by atoms with Gasteiger partial charge in [0.2, 0.25) is 17.7 Å². The predicted molar refractivity (Wildman–Crippen MR) is 210 cm³/mol. The number of hydrogen-bond donors (Lipinski definition) is 2. The van der Waals surface area contributed by atoms with E-state index < -0.39 is 29.7 Å².